The second kappa shape index (κ2) is 9.49. The second-order valence-electron chi connectivity index (χ2n) is 7.68. The summed E-state index contributed by atoms with van der Waals surface area (Å²) in [6.45, 7) is 1.68. The summed E-state index contributed by atoms with van der Waals surface area (Å²) in [4.78, 5) is 39.0. The summed E-state index contributed by atoms with van der Waals surface area (Å²) in [5.41, 5.74) is 2.35. The molecule has 3 aromatic rings. The van der Waals surface area contributed by atoms with Crippen molar-refractivity contribution in [2.75, 3.05) is 12.0 Å². The standard InChI is InChI=1S/C26H20ClFN2O4/c1-15-20(27)7-5-9-22(15)30-25(32)19(24(31)29-26(30)33)12-16-10-11-18(23(13-16)34-2)14-17-6-3-4-8-21(17)28/h3-13H,14H2,1-2H3,(H,29,31,33)/b19-12+. The van der Waals surface area contributed by atoms with Crippen LogP contribution in [0.3, 0.4) is 0 Å². The number of carbonyl (C=O) groups excluding carboxylic acids is 3. The van der Waals surface area contributed by atoms with Crippen LogP contribution in [0.15, 0.2) is 66.2 Å². The van der Waals surface area contributed by atoms with E-state index in [-0.39, 0.29) is 17.1 Å². The van der Waals surface area contributed by atoms with Gasteiger partial charge in [-0.15, -0.1) is 0 Å². The molecule has 3 aromatic carbocycles. The van der Waals surface area contributed by atoms with Crippen LogP contribution in [-0.2, 0) is 16.0 Å². The molecule has 0 aromatic heterocycles. The quantitative estimate of drug-likeness (QED) is 0.411. The molecule has 1 heterocycles. The zero-order valence-electron chi connectivity index (χ0n) is 18.4. The Labute approximate surface area is 200 Å². The first kappa shape index (κ1) is 23.2. The zero-order valence-corrected chi connectivity index (χ0v) is 19.2. The van der Waals surface area contributed by atoms with Gasteiger partial charge in [0, 0.05) is 11.4 Å². The topological polar surface area (TPSA) is 75.7 Å². The Hall–Kier alpha value is -3.97. The fourth-order valence-electron chi connectivity index (χ4n) is 3.73. The molecule has 0 radical (unpaired) electrons. The van der Waals surface area contributed by atoms with Gasteiger partial charge in [-0.05, 0) is 59.5 Å². The number of imide groups is 2. The average molecular weight is 479 g/mol. The summed E-state index contributed by atoms with van der Waals surface area (Å²) in [5.74, 6) is -1.42. The molecule has 0 saturated carbocycles. The highest BCUT2D eigenvalue weighted by Crippen LogP contribution is 2.30. The number of hydrogen-bond donors (Lipinski definition) is 1. The number of barbiturate groups is 1. The van der Waals surface area contributed by atoms with Crippen molar-refractivity contribution < 1.29 is 23.5 Å². The molecule has 4 amide bonds. The van der Waals surface area contributed by atoms with Crippen molar-refractivity contribution in [1.82, 2.24) is 5.32 Å². The number of amides is 4. The fraction of sp³-hybridized carbons (Fsp3) is 0.115. The number of hydrogen-bond acceptors (Lipinski definition) is 4. The summed E-state index contributed by atoms with van der Waals surface area (Å²) < 4.78 is 19.5. The minimum absolute atomic E-state index is 0.220. The number of benzene rings is 3. The van der Waals surface area contributed by atoms with Gasteiger partial charge in [-0.2, -0.15) is 0 Å². The van der Waals surface area contributed by atoms with E-state index in [0.717, 1.165) is 10.5 Å². The molecule has 6 nitrogen and oxygen atoms in total. The minimum atomic E-state index is -0.852. The number of methoxy groups -OCH3 is 1. The van der Waals surface area contributed by atoms with Gasteiger partial charge in [0.1, 0.15) is 17.1 Å². The van der Waals surface area contributed by atoms with E-state index in [1.165, 1.54) is 19.3 Å². The van der Waals surface area contributed by atoms with Crippen molar-refractivity contribution in [3.63, 3.8) is 0 Å². The Balaban J connectivity index is 1.69. The predicted molar refractivity (Wildman–Crippen MR) is 127 cm³/mol. The van der Waals surface area contributed by atoms with E-state index in [4.69, 9.17) is 16.3 Å². The highest BCUT2D eigenvalue weighted by molar-refractivity contribution is 6.39. The summed E-state index contributed by atoms with van der Waals surface area (Å²) >= 11 is 6.15. The summed E-state index contributed by atoms with van der Waals surface area (Å²) in [5, 5.41) is 2.58. The first-order chi connectivity index (χ1) is 16.3. The molecule has 1 fully saturated rings. The molecule has 8 heteroatoms. The maximum Gasteiger partial charge on any atom is 0.335 e. The smallest absolute Gasteiger partial charge is 0.335 e. The molecule has 172 valence electrons. The van der Waals surface area contributed by atoms with Crippen LogP contribution < -0.4 is 15.0 Å². The molecule has 1 N–H and O–H groups in total. The van der Waals surface area contributed by atoms with Crippen molar-refractivity contribution in [2.24, 2.45) is 0 Å². The van der Waals surface area contributed by atoms with E-state index in [2.05, 4.69) is 5.32 Å². The molecular weight excluding hydrogens is 459 g/mol. The third-order valence-electron chi connectivity index (χ3n) is 5.54. The van der Waals surface area contributed by atoms with Gasteiger partial charge >= 0.3 is 6.03 Å². The summed E-state index contributed by atoms with van der Waals surface area (Å²) in [6, 6.07) is 15.5. The number of nitrogens with zero attached hydrogens (tertiary/aromatic N) is 1. The van der Waals surface area contributed by atoms with Crippen molar-refractivity contribution >= 4 is 41.2 Å². The van der Waals surface area contributed by atoms with Gasteiger partial charge in [-0.3, -0.25) is 14.9 Å². The van der Waals surface area contributed by atoms with E-state index >= 15 is 0 Å². The van der Waals surface area contributed by atoms with Gasteiger partial charge in [0.05, 0.1) is 12.8 Å². The monoisotopic (exact) mass is 478 g/mol. The fourth-order valence-corrected chi connectivity index (χ4v) is 3.89. The minimum Gasteiger partial charge on any atom is -0.496 e. The van der Waals surface area contributed by atoms with E-state index in [1.807, 2.05) is 0 Å². The van der Waals surface area contributed by atoms with E-state index in [9.17, 15) is 18.8 Å². The number of carbonyl (C=O) groups is 3. The molecular formula is C26H20ClFN2O4. The maximum absolute atomic E-state index is 14.1. The molecule has 4 rings (SSSR count). The van der Waals surface area contributed by atoms with Crippen molar-refractivity contribution in [3.05, 3.63) is 99.3 Å². The van der Waals surface area contributed by atoms with Crippen LogP contribution in [0.25, 0.3) is 6.08 Å². The SMILES string of the molecule is COc1cc(/C=C2\C(=O)NC(=O)N(c3cccc(Cl)c3C)C2=O)ccc1Cc1ccccc1F. The number of urea groups is 1. The van der Waals surface area contributed by atoms with Crippen LogP contribution in [0.5, 0.6) is 5.75 Å². The van der Waals surface area contributed by atoms with E-state index in [1.54, 1.807) is 61.5 Å². The van der Waals surface area contributed by atoms with Gasteiger partial charge < -0.3 is 4.74 Å². The molecule has 0 bridgehead atoms. The lowest BCUT2D eigenvalue weighted by Gasteiger charge is -2.27. The highest BCUT2D eigenvalue weighted by Gasteiger charge is 2.37. The lowest BCUT2D eigenvalue weighted by atomic mass is 10.00. The van der Waals surface area contributed by atoms with E-state index < -0.39 is 17.8 Å². The molecule has 1 aliphatic heterocycles. The molecule has 1 saturated heterocycles. The summed E-state index contributed by atoms with van der Waals surface area (Å²) in [6.07, 6.45) is 1.69. The molecule has 0 unspecified atom stereocenters. The van der Waals surface area contributed by atoms with E-state index in [0.29, 0.717) is 33.9 Å². The molecule has 34 heavy (non-hydrogen) atoms. The maximum atomic E-state index is 14.1. The normalized spacial score (nSPS) is 15.0. The second-order valence-corrected chi connectivity index (χ2v) is 8.09. The number of halogens is 2. The van der Waals surface area contributed by atoms with Gasteiger partial charge in [0.25, 0.3) is 11.8 Å². The number of anilines is 1. The van der Waals surface area contributed by atoms with Crippen LogP contribution in [0.1, 0.15) is 22.3 Å². The van der Waals surface area contributed by atoms with Crippen LogP contribution in [0, 0.1) is 12.7 Å². The molecule has 0 spiro atoms. The Bertz CT molecular complexity index is 1350. The van der Waals surface area contributed by atoms with Crippen LogP contribution in [-0.4, -0.2) is 25.0 Å². The van der Waals surface area contributed by atoms with Crippen LogP contribution >= 0.6 is 11.6 Å². The van der Waals surface area contributed by atoms with Gasteiger partial charge in [-0.25, -0.2) is 14.1 Å². The van der Waals surface area contributed by atoms with Crippen molar-refractivity contribution in [3.8, 4) is 5.75 Å². The van der Waals surface area contributed by atoms with Crippen molar-refractivity contribution in [1.29, 1.82) is 0 Å². The van der Waals surface area contributed by atoms with Crippen molar-refractivity contribution in [2.45, 2.75) is 13.3 Å². The Morgan fingerprint density at radius 1 is 1.03 bits per heavy atom. The largest absolute Gasteiger partial charge is 0.496 e. The molecule has 1 aliphatic rings. The number of ether oxygens (including phenoxy) is 1. The number of rotatable bonds is 5. The molecule has 0 atom stereocenters. The Morgan fingerprint density at radius 2 is 1.79 bits per heavy atom. The van der Waals surface area contributed by atoms with Gasteiger partial charge in [0.15, 0.2) is 0 Å². The van der Waals surface area contributed by atoms with Gasteiger partial charge in [0.2, 0.25) is 0 Å². The van der Waals surface area contributed by atoms with Gasteiger partial charge in [-0.1, -0.05) is 48.0 Å². The number of nitrogens with one attached hydrogen (secondary N) is 1. The average Bonchev–Trinajstić information content (AvgIpc) is 2.81. The Kier molecular flexibility index (Phi) is 6.47. The Morgan fingerprint density at radius 3 is 2.53 bits per heavy atom. The van der Waals surface area contributed by atoms with Crippen LogP contribution in [0.2, 0.25) is 5.02 Å². The third-order valence-corrected chi connectivity index (χ3v) is 5.95. The molecule has 0 aliphatic carbocycles. The lowest BCUT2D eigenvalue weighted by Crippen LogP contribution is -2.54. The lowest BCUT2D eigenvalue weighted by molar-refractivity contribution is -0.122. The van der Waals surface area contributed by atoms with Crippen LogP contribution in [0.4, 0.5) is 14.9 Å². The highest BCUT2D eigenvalue weighted by atomic mass is 35.5. The first-order valence-electron chi connectivity index (χ1n) is 10.4. The summed E-state index contributed by atoms with van der Waals surface area (Å²) in [7, 11) is 1.48. The first-order valence-corrected chi connectivity index (χ1v) is 10.7. The zero-order chi connectivity index (χ0) is 24.4. The third kappa shape index (κ3) is 4.43. The predicted octanol–water partition coefficient (Wildman–Crippen LogP) is 5.05.